The Balaban J connectivity index is 2.07. The van der Waals surface area contributed by atoms with Gasteiger partial charge in [-0.25, -0.2) is 0 Å². The predicted octanol–water partition coefficient (Wildman–Crippen LogP) is 1.41. The maximum absolute atomic E-state index is 11.8. The predicted molar refractivity (Wildman–Crippen MR) is 67.4 cm³/mol. The number of carbonyl (C=O) groups excluding carboxylic acids is 1. The van der Waals surface area contributed by atoms with Crippen LogP contribution in [0.25, 0.3) is 0 Å². The van der Waals surface area contributed by atoms with Crippen molar-refractivity contribution >= 4 is 23.1 Å². The lowest BCUT2D eigenvalue weighted by Gasteiger charge is -2.05. The first kappa shape index (κ1) is 11.1. The molecule has 3 N–H and O–H groups in total. The third-order valence-electron chi connectivity index (χ3n) is 2.48. The monoisotopic (exact) mass is 234 g/mol. The summed E-state index contributed by atoms with van der Waals surface area (Å²) >= 11 is 4.84. The van der Waals surface area contributed by atoms with Gasteiger partial charge < -0.3 is 11.1 Å². The molecule has 84 valence electrons. The quantitative estimate of drug-likeness (QED) is 0.774. The average Bonchev–Trinajstić information content (AvgIpc) is 3.01. The normalized spacial score (nSPS) is 14.5. The molecular weight excluding hydrogens is 220 g/mol. The van der Waals surface area contributed by atoms with Crippen LogP contribution < -0.4 is 11.1 Å². The van der Waals surface area contributed by atoms with Crippen molar-refractivity contribution in [2.75, 3.05) is 0 Å². The molecule has 0 radical (unpaired) electrons. The van der Waals surface area contributed by atoms with Crippen molar-refractivity contribution in [2.24, 2.45) is 5.73 Å². The van der Waals surface area contributed by atoms with Crippen LogP contribution in [0.1, 0.15) is 28.8 Å². The van der Waals surface area contributed by atoms with Gasteiger partial charge in [0.1, 0.15) is 0 Å². The lowest BCUT2D eigenvalue weighted by molar-refractivity contribution is 0.0951. The van der Waals surface area contributed by atoms with Gasteiger partial charge in [-0.15, -0.1) is 0 Å². The molecule has 0 saturated heterocycles. The van der Waals surface area contributed by atoms with Crippen molar-refractivity contribution in [2.45, 2.75) is 25.3 Å². The number of hydrogen-bond donors (Lipinski definition) is 2. The zero-order chi connectivity index (χ0) is 11.5. The molecule has 3 nitrogen and oxygen atoms in total. The summed E-state index contributed by atoms with van der Waals surface area (Å²) in [5.74, 6) is -0.00714. The Morgan fingerprint density at radius 3 is 2.88 bits per heavy atom. The van der Waals surface area contributed by atoms with E-state index in [0.717, 1.165) is 18.4 Å². The largest absolute Gasteiger partial charge is 0.393 e. The van der Waals surface area contributed by atoms with Crippen molar-refractivity contribution in [1.29, 1.82) is 0 Å². The molecule has 16 heavy (non-hydrogen) atoms. The standard InChI is InChI=1S/C12H14N2OS/c13-11(16)7-8-2-1-3-9(6-8)12(15)14-10-4-5-10/h1-3,6,10H,4-5,7H2,(H2,13,16)(H,14,15). The lowest BCUT2D eigenvalue weighted by atomic mass is 10.1. The van der Waals surface area contributed by atoms with Crippen molar-refractivity contribution in [3.05, 3.63) is 35.4 Å². The summed E-state index contributed by atoms with van der Waals surface area (Å²) in [5.41, 5.74) is 7.14. The second-order valence-corrected chi connectivity index (χ2v) is 4.62. The summed E-state index contributed by atoms with van der Waals surface area (Å²) < 4.78 is 0. The Hall–Kier alpha value is -1.42. The fraction of sp³-hybridized carbons (Fsp3) is 0.333. The molecular formula is C12H14N2OS. The summed E-state index contributed by atoms with van der Waals surface area (Å²) in [4.78, 5) is 12.2. The Kier molecular flexibility index (Phi) is 3.19. The van der Waals surface area contributed by atoms with Crippen LogP contribution in [0.4, 0.5) is 0 Å². The highest BCUT2D eigenvalue weighted by molar-refractivity contribution is 7.80. The fourth-order valence-corrected chi connectivity index (χ4v) is 1.69. The van der Waals surface area contributed by atoms with E-state index < -0.39 is 0 Å². The molecule has 1 aliphatic rings. The van der Waals surface area contributed by atoms with Gasteiger partial charge in [-0.1, -0.05) is 24.4 Å². The van der Waals surface area contributed by atoms with Crippen molar-refractivity contribution < 1.29 is 4.79 Å². The van der Waals surface area contributed by atoms with E-state index in [2.05, 4.69) is 5.32 Å². The topological polar surface area (TPSA) is 55.1 Å². The number of amides is 1. The highest BCUT2D eigenvalue weighted by Crippen LogP contribution is 2.19. The molecule has 1 saturated carbocycles. The smallest absolute Gasteiger partial charge is 0.251 e. The van der Waals surface area contributed by atoms with E-state index in [1.54, 1.807) is 6.07 Å². The molecule has 2 rings (SSSR count). The van der Waals surface area contributed by atoms with Gasteiger partial charge in [0, 0.05) is 18.0 Å². The molecule has 1 amide bonds. The minimum absolute atomic E-state index is 0.00714. The van der Waals surface area contributed by atoms with Crippen molar-refractivity contribution in [3.8, 4) is 0 Å². The Bertz CT molecular complexity index is 427. The minimum Gasteiger partial charge on any atom is -0.393 e. The first-order valence-corrected chi connectivity index (χ1v) is 5.74. The summed E-state index contributed by atoms with van der Waals surface area (Å²) in [7, 11) is 0. The third-order valence-corrected chi connectivity index (χ3v) is 2.62. The van der Waals surface area contributed by atoms with Crippen LogP contribution in [-0.4, -0.2) is 16.9 Å². The number of nitrogens with two attached hydrogens (primary N) is 1. The molecule has 4 heteroatoms. The number of thiocarbonyl (C=S) groups is 1. The summed E-state index contributed by atoms with van der Waals surface area (Å²) in [5, 5.41) is 2.95. The van der Waals surface area contributed by atoms with E-state index in [0.29, 0.717) is 23.0 Å². The minimum atomic E-state index is -0.00714. The maximum Gasteiger partial charge on any atom is 0.251 e. The van der Waals surface area contributed by atoms with E-state index in [9.17, 15) is 4.79 Å². The second kappa shape index (κ2) is 4.61. The number of carbonyl (C=O) groups is 1. The van der Waals surface area contributed by atoms with Gasteiger partial charge in [0.2, 0.25) is 0 Å². The highest BCUT2D eigenvalue weighted by Gasteiger charge is 2.23. The third kappa shape index (κ3) is 3.03. The fourth-order valence-electron chi connectivity index (χ4n) is 1.52. The van der Waals surface area contributed by atoms with Crippen LogP contribution in [-0.2, 0) is 6.42 Å². The molecule has 1 aromatic rings. The van der Waals surface area contributed by atoms with E-state index in [1.807, 2.05) is 18.2 Å². The molecule has 0 bridgehead atoms. The maximum atomic E-state index is 11.8. The van der Waals surface area contributed by atoms with Crippen molar-refractivity contribution in [1.82, 2.24) is 5.32 Å². The number of hydrogen-bond acceptors (Lipinski definition) is 2. The van der Waals surface area contributed by atoms with Gasteiger partial charge in [-0.3, -0.25) is 4.79 Å². The summed E-state index contributed by atoms with van der Waals surface area (Å²) in [6.07, 6.45) is 2.73. The Morgan fingerprint density at radius 1 is 1.50 bits per heavy atom. The Labute approximate surface area is 100 Å². The van der Waals surface area contributed by atoms with Gasteiger partial charge in [-0.05, 0) is 30.5 Å². The van der Waals surface area contributed by atoms with E-state index in [4.69, 9.17) is 18.0 Å². The molecule has 1 fully saturated rings. The van der Waals surface area contributed by atoms with E-state index >= 15 is 0 Å². The average molecular weight is 234 g/mol. The van der Waals surface area contributed by atoms with Crippen LogP contribution in [0.3, 0.4) is 0 Å². The molecule has 0 aliphatic heterocycles. The summed E-state index contributed by atoms with van der Waals surface area (Å²) in [6, 6.07) is 7.81. The SMILES string of the molecule is NC(=S)Cc1cccc(C(=O)NC2CC2)c1. The molecule has 0 aromatic heterocycles. The molecule has 1 aromatic carbocycles. The van der Waals surface area contributed by atoms with E-state index in [-0.39, 0.29) is 5.91 Å². The first-order chi connectivity index (χ1) is 7.65. The van der Waals surface area contributed by atoms with Gasteiger partial charge in [0.05, 0.1) is 4.99 Å². The molecule has 1 aliphatic carbocycles. The zero-order valence-corrected chi connectivity index (χ0v) is 9.72. The molecule has 0 spiro atoms. The van der Waals surface area contributed by atoms with Gasteiger partial charge in [0.15, 0.2) is 0 Å². The van der Waals surface area contributed by atoms with Gasteiger partial charge >= 0.3 is 0 Å². The van der Waals surface area contributed by atoms with Crippen molar-refractivity contribution in [3.63, 3.8) is 0 Å². The van der Waals surface area contributed by atoms with Crippen LogP contribution >= 0.6 is 12.2 Å². The highest BCUT2D eigenvalue weighted by atomic mass is 32.1. The Morgan fingerprint density at radius 2 is 2.25 bits per heavy atom. The number of benzene rings is 1. The first-order valence-electron chi connectivity index (χ1n) is 5.33. The molecule has 0 heterocycles. The lowest BCUT2D eigenvalue weighted by Crippen LogP contribution is -2.25. The summed E-state index contributed by atoms with van der Waals surface area (Å²) in [6.45, 7) is 0. The molecule has 0 atom stereocenters. The second-order valence-electron chi connectivity index (χ2n) is 4.09. The van der Waals surface area contributed by atoms with Gasteiger partial charge in [0.25, 0.3) is 5.91 Å². The van der Waals surface area contributed by atoms with Crippen LogP contribution in [0.2, 0.25) is 0 Å². The van der Waals surface area contributed by atoms with E-state index in [1.165, 1.54) is 0 Å². The van der Waals surface area contributed by atoms with Crippen LogP contribution in [0, 0.1) is 0 Å². The molecule has 0 unspecified atom stereocenters. The number of rotatable bonds is 4. The van der Waals surface area contributed by atoms with Crippen LogP contribution in [0.15, 0.2) is 24.3 Å². The zero-order valence-electron chi connectivity index (χ0n) is 8.90. The number of nitrogens with one attached hydrogen (secondary N) is 1. The van der Waals surface area contributed by atoms with Gasteiger partial charge in [-0.2, -0.15) is 0 Å². The van der Waals surface area contributed by atoms with Crippen LogP contribution in [0.5, 0.6) is 0 Å².